The Bertz CT molecular complexity index is 710. The van der Waals surface area contributed by atoms with E-state index in [1.54, 1.807) is 30.5 Å². The van der Waals surface area contributed by atoms with Crippen LogP contribution in [-0.4, -0.2) is 29.5 Å². The molecule has 0 aliphatic carbocycles. The first-order valence-electron chi connectivity index (χ1n) is 7.00. The molecular weight excluding hydrogens is 325 g/mol. The lowest BCUT2D eigenvalue weighted by Gasteiger charge is -2.12. The first-order chi connectivity index (χ1) is 10.6. The number of nitrogens with zero attached hydrogens (tertiary/aromatic N) is 2. The molecule has 1 aliphatic rings. The standard InChI is InChI=1S/C15H15Cl2N3O2/c16-11-1-3-12(4-2-11)20-15(21)14(17)13(8-19-20)18-7-10-5-6-22-9-10/h1-4,8,10,18H,5-7,9H2/t10-/m1/s1. The van der Waals surface area contributed by atoms with Crippen molar-refractivity contribution in [3.63, 3.8) is 0 Å². The molecule has 3 rings (SSSR count). The van der Waals surface area contributed by atoms with E-state index < -0.39 is 0 Å². The van der Waals surface area contributed by atoms with Crippen molar-refractivity contribution in [1.29, 1.82) is 0 Å². The highest BCUT2D eigenvalue weighted by molar-refractivity contribution is 6.33. The van der Waals surface area contributed by atoms with Crippen molar-refractivity contribution >= 4 is 28.9 Å². The Labute approximate surface area is 137 Å². The molecular formula is C15H15Cl2N3O2. The molecule has 1 saturated heterocycles. The van der Waals surface area contributed by atoms with E-state index in [1.165, 1.54) is 4.68 Å². The molecule has 2 aromatic rings. The Kier molecular flexibility index (Phi) is 4.66. The average Bonchev–Trinajstić information content (AvgIpc) is 3.03. The zero-order valence-electron chi connectivity index (χ0n) is 11.8. The van der Waals surface area contributed by atoms with Gasteiger partial charge in [-0.2, -0.15) is 9.78 Å². The summed E-state index contributed by atoms with van der Waals surface area (Å²) in [4.78, 5) is 12.3. The maximum Gasteiger partial charge on any atom is 0.292 e. The van der Waals surface area contributed by atoms with Gasteiger partial charge in [-0.25, -0.2) is 0 Å². The molecule has 22 heavy (non-hydrogen) atoms. The van der Waals surface area contributed by atoms with Crippen molar-refractivity contribution in [2.45, 2.75) is 6.42 Å². The van der Waals surface area contributed by atoms with Crippen LogP contribution in [0.25, 0.3) is 5.69 Å². The van der Waals surface area contributed by atoms with Gasteiger partial charge in [-0.05, 0) is 30.7 Å². The number of halogens is 2. The zero-order valence-corrected chi connectivity index (χ0v) is 13.3. The molecule has 7 heteroatoms. The van der Waals surface area contributed by atoms with Crippen LogP contribution in [0.15, 0.2) is 35.3 Å². The summed E-state index contributed by atoms with van der Waals surface area (Å²) in [5, 5.41) is 8.07. The Balaban J connectivity index is 1.81. The fourth-order valence-corrected chi connectivity index (χ4v) is 2.64. The van der Waals surface area contributed by atoms with Gasteiger partial charge in [0.1, 0.15) is 5.02 Å². The van der Waals surface area contributed by atoms with Crippen molar-refractivity contribution in [2.24, 2.45) is 5.92 Å². The first kappa shape index (κ1) is 15.3. The van der Waals surface area contributed by atoms with Crippen molar-refractivity contribution in [3.8, 4) is 5.69 Å². The molecule has 2 heterocycles. The van der Waals surface area contributed by atoms with Gasteiger partial charge in [0.25, 0.3) is 5.56 Å². The average molecular weight is 340 g/mol. The molecule has 1 N–H and O–H groups in total. The maximum atomic E-state index is 12.3. The number of hydrogen-bond acceptors (Lipinski definition) is 4. The van der Waals surface area contributed by atoms with Crippen LogP contribution in [0.3, 0.4) is 0 Å². The van der Waals surface area contributed by atoms with Gasteiger partial charge in [-0.1, -0.05) is 23.2 Å². The normalized spacial score (nSPS) is 17.6. The largest absolute Gasteiger partial charge is 0.382 e. The van der Waals surface area contributed by atoms with Crippen LogP contribution in [0.1, 0.15) is 6.42 Å². The Morgan fingerprint density at radius 2 is 2.09 bits per heavy atom. The SMILES string of the molecule is O=c1c(Cl)c(NC[C@H]2CCOC2)cnn1-c1ccc(Cl)cc1. The highest BCUT2D eigenvalue weighted by atomic mass is 35.5. The van der Waals surface area contributed by atoms with Gasteiger partial charge >= 0.3 is 0 Å². The summed E-state index contributed by atoms with van der Waals surface area (Å²) in [5.41, 5.74) is 0.799. The van der Waals surface area contributed by atoms with Crippen molar-refractivity contribution in [3.05, 3.63) is 50.9 Å². The molecule has 0 saturated carbocycles. The molecule has 1 aliphatic heterocycles. The summed E-state index contributed by atoms with van der Waals surface area (Å²) in [6.45, 7) is 2.24. The minimum Gasteiger partial charge on any atom is -0.382 e. The molecule has 0 amide bonds. The fraction of sp³-hybridized carbons (Fsp3) is 0.333. The van der Waals surface area contributed by atoms with Gasteiger partial charge in [0.05, 0.1) is 24.2 Å². The van der Waals surface area contributed by atoms with E-state index in [2.05, 4.69) is 10.4 Å². The number of anilines is 1. The van der Waals surface area contributed by atoms with E-state index in [-0.39, 0.29) is 10.6 Å². The number of hydrogen-bond donors (Lipinski definition) is 1. The molecule has 1 aromatic carbocycles. The van der Waals surface area contributed by atoms with E-state index in [4.69, 9.17) is 27.9 Å². The van der Waals surface area contributed by atoms with Crippen LogP contribution in [0.4, 0.5) is 5.69 Å². The summed E-state index contributed by atoms with van der Waals surface area (Å²) in [7, 11) is 0. The highest BCUT2D eigenvalue weighted by Crippen LogP contribution is 2.19. The molecule has 1 aromatic heterocycles. The van der Waals surface area contributed by atoms with E-state index >= 15 is 0 Å². The third-order valence-corrected chi connectivity index (χ3v) is 4.21. The third-order valence-electron chi connectivity index (χ3n) is 3.60. The molecule has 1 atom stereocenters. The van der Waals surface area contributed by atoms with E-state index in [9.17, 15) is 4.79 Å². The van der Waals surface area contributed by atoms with E-state index in [0.717, 1.165) is 19.6 Å². The second kappa shape index (κ2) is 6.69. The van der Waals surface area contributed by atoms with Gasteiger partial charge in [-0.3, -0.25) is 4.79 Å². The fourth-order valence-electron chi connectivity index (χ4n) is 2.32. The Morgan fingerprint density at radius 3 is 2.77 bits per heavy atom. The first-order valence-corrected chi connectivity index (χ1v) is 7.76. The molecule has 0 unspecified atom stereocenters. The van der Waals surface area contributed by atoms with Crippen LogP contribution in [0, 0.1) is 5.92 Å². The smallest absolute Gasteiger partial charge is 0.292 e. The molecule has 0 spiro atoms. The van der Waals surface area contributed by atoms with Crippen molar-refractivity contribution in [1.82, 2.24) is 9.78 Å². The maximum absolute atomic E-state index is 12.3. The predicted octanol–water partition coefficient (Wildman–Crippen LogP) is 2.99. The lowest BCUT2D eigenvalue weighted by molar-refractivity contribution is 0.187. The molecule has 0 radical (unpaired) electrons. The van der Waals surface area contributed by atoms with Gasteiger partial charge < -0.3 is 10.1 Å². The summed E-state index contributed by atoms with van der Waals surface area (Å²) in [6, 6.07) is 6.84. The molecule has 5 nitrogen and oxygen atoms in total. The van der Waals surface area contributed by atoms with Crippen molar-refractivity contribution in [2.75, 3.05) is 25.1 Å². The van der Waals surface area contributed by atoms with E-state index in [1.807, 2.05) is 0 Å². The zero-order chi connectivity index (χ0) is 15.5. The molecule has 0 bridgehead atoms. The number of benzene rings is 1. The van der Waals surface area contributed by atoms with Crippen LogP contribution in [-0.2, 0) is 4.74 Å². The van der Waals surface area contributed by atoms with Gasteiger partial charge in [0.15, 0.2) is 0 Å². The minimum absolute atomic E-state index is 0.129. The number of ether oxygens (including phenoxy) is 1. The second-order valence-corrected chi connectivity index (χ2v) is 5.99. The predicted molar refractivity (Wildman–Crippen MR) is 87.3 cm³/mol. The summed E-state index contributed by atoms with van der Waals surface area (Å²) in [5.74, 6) is 0.440. The Hall–Kier alpha value is -1.56. The highest BCUT2D eigenvalue weighted by Gasteiger charge is 2.17. The lowest BCUT2D eigenvalue weighted by atomic mass is 10.1. The number of aromatic nitrogens is 2. The van der Waals surface area contributed by atoms with Gasteiger partial charge in [0.2, 0.25) is 0 Å². The van der Waals surface area contributed by atoms with Crippen LogP contribution in [0.2, 0.25) is 10.0 Å². The third kappa shape index (κ3) is 3.27. The summed E-state index contributed by atoms with van der Waals surface area (Å²) in [6.07, 6.45) is 2.58. The minimum atomic E-state index is -0.364. The quantitative estimate of drug-likeness (QED) is 0.930. The number of rotatable bonds is 4. The number of nitrogens with one attached hydrogen (secondary N) is 1. The molecule has 1 fully saturated rings. The Morgan fingerprint density at radius 1 is 1.32 bits per heavy atom. The molecule has 116 valence electrons. The summed E-state index contributed by atoms with van der Waals surface area (Å²) >= 11 is 12.0. The summed E-state index contributed by atoms with van der Waals surface area (Å²) < 4.78 is 6.57. The topological polar surface area (TPSA) is 56.1 Å². The van der Waals surface area contributed by atoms with Crippen molar-refractivity contribution < 1.29 is 4.74 Å². The van der Waals surface area contributed by atoms with Gasteiger partial charge in [-0.15, -0.1) is 0 Å². The van der Waals surface area contributed by atoms with Crippen LogP contribution < -0.4 is 10.9 Å². The monoisotopic (exact) mass is 339 g/mol. The van der Waals surface area contributed by atoms with Crippen LogP contribution in [0.5, 0.6) is 0 Å². The second-order valence-electron chi connectivity index (χ2n) is 5.18. The lowest BCUT2D eigenvalue weighted by Crippen LogP contribution is -2.24. The van der Waals surface area contributed by atoms with Gasteiger partial charge in [0, 0.05) is 24.1 Å². The van der Waals surface area contributed by atoms with E-state index in [0.29, 0.717) is 28.9 Å². The van der Waals surface area contributed by atoms with Crippen LogP contribution >= 0.6 is 23.2 Å².